The number of nitrogens with one attached hydrogen (secondary N) is 1. The van der Waals surface area contributed by atoms with Crippen LogP contribution in [0.25, 0.3) is 0 Å². The standard InChI is InChI=1S/C27H31ClF3N5O4S/c1-27(2,3)40-26(37)36(25-10-8-18(30)16-32-25)41(38,39)24-14-19(28)22(15-20(24)31)33-21-9-7-17(29)13-23(21)35(6)12-11-34(4)5/h7-10,13-16,33H,11-12H2,1-6H3. The summed E-state index contributed by atoms with van der Waals surface area (Å²) in [5, 5.41) is 2.71. The second-order valence-electron chi connectivity index (χ2n) is 10.4. The van der Waals surface area contributed by atoms with E-state index in [9.17, 15) is 22.0 Å². The molecule has 1 N–H and O–H groups in total. The molecule has 0 bridgehead atoms. The zero-order valence-corrected chi connectivity index (χ0v) is 24.9. The summed E-state index contributed by atoms with van der Waals surface area (Å²) >= 11 is 6.39. The van der Waals surface area contributed by atoms with Crippen LogP contribution in [0.1, 0.15) is 20.8 Å². The van der Waals surface area contributed by atoms with Crippen molar-refractivity contribution in [1.29, 1.82) is 0 Å². The fraction of sp³-hybridized carbons (Fsp3) is 0.333. The number of amides is 1. The van der Waals surface area contributed by atoms with E-state index in [1.54, 1.807) is 11.9 Å². The second-order valence-corrected chi connectivity index (χ2v) is 12.5. The number of nitrogens with zero attached hydrogens (tertiary/aromatic N) is 4. The van der Waals surface area contributed by atoms with Crippen LogP contribution in [0.3, 0.4) is 0 Å². The molecular weight excluding hydrogens is 583 g/mol. The van der Waals surface area contributed by atoms with Gasteiger partial charge in [-0.15, -0.1) is 0 Å². The molecule has 0 unspecified atom stereocenters. The van der Waals surface area contributed by atoms with Crippen LogP contribution >= 0.6 is 11.6 Å². The second kappa shape index (κ2) is 12.5. The normalized spacial score (nSPS) is 11.9. The van der Waals surface area contributed by atoms with E-state index in [-0.39, 0.29) is 15.0 Å². The molecule has 0 radical (unpaired) electrons. The van der Waals surface area contributed by atoms with Crippen LogP contribution in [0.4, 0.5) is 40.8 Å². The molecule has 1 amide bonds. The van der Waals surface area contributed by atoms with E-state index in [1.165, 1.54) is 39.0 Å². The summed E-state index contributed by atoms with van der Waals surface area (Å²) in [5.41, 5.74) is -0.295. The maximum Gasteiger partial charge on any atom is 0.430 e. The summed E-state index contributed by atoms with van der Waals surface area (Å²) in [5.74, 6) is -3.04. The number of ether oxygens (including phenoxy) is 1. The number of carbonyl (C=O) groups is 1. The van der Waals surface area contributed by atoms with Crippen molar-refractivity contribution in [3.8, 4) is 0 Å². The number of sulfonamides is 1. The molecule has 2 aromatic carbocycles. The van der Waals surface area contributed by atoms with Crippen molar-refractivity contribution < 1.29 is 31.1 Å². The molecule has 0 aliphatic rings. The first-order valence-corrected chi connectivity index (χ1v) is 14.1. The maximum atomic E-state index is 15.5. The monoisotopic (exact) mass is 613 g/mol. The number of benzene rings is 2. The van der Waals surface area contributed by atoms with Crippen LogP contribution in [-0.2, 0) is 14.8 Å². The van der Waals surface area contributed by atoms with Gasteiger partial charge < -0.3 is 19.9 Å². The Hall–Kier alpha value is -3.55. The number of hydrogen-bond donors (Lipinski definition) is 1. The van der Waals surface area contributed by atoms with E-state index in [0.717, 1.165) is 24.3 Å². The average molecular weight is 614 g/mol. The average Bonchev–Trinajstić information content (AvgIpc) is 2.85. The first kappa shape index (κ1) is 32.0. The van der Waals surface area contributed by atoms with Gasteiger partial charge in [0, 0.05) is 26.2 Å². The summed E-state index contributed by atoms with van der Waals surface area (Å²) < 4.78 is 75.7. The van der Waals surface area contributed by atoms with E-state index in [1.807, 2.05) is 19.0 Å². The Labute approximate surface area is 242 Å². The highest BCUT2D eigenvalue weighted by atomic mass is 35.5. The molecule has 0 saturated heterocycles. The van der Waals surface area contributed by atoms with Crippen molar-refractivity contribution in [2.24, 2.45) is 0 Å². The summed E-state index contributed by atoms with van der Waals surface area (Å²) in [6.07, 6.45) is -0.680. The van der Waals surface area contributed by atoms with Crippen LogP contribution < -0.4 is 14.5 Å². The number of rotatable bonds is 9. The zero-order valence-electron chi connectivity index (χ0n) is 23.4. The van der Waals surface area contributed by atoms with Crippen molar-refractivity contribution in [1.82, 2.24) is 9.88 Å². The van der Waals surface area contributed by atoms with Gasteiger partial charge in [-0.1, -0.05) is 11.6 Å². The molecular formula is C27H31ClF3N5O4S. The largest absolute Gasteiger partial charge is 0.443 e. The molecule has 0 aliphatic heterocycles. The Morgan fingerprint density at radius 2 is 1.63 bits per heavy atom. The van der Waals surface area contributed by atoms with Crippen LogP contribution in [0, 0.1) is 17.5 Å². The fourth-order valence-electron chi connectivity index (χ4n) is 3.57. The Morgan fingerprint density at radius 1 is 0.976 bits per heavy atom. The summed E-state index contributed by atoms with van der Waals surface area (Å²) in [6.45, 7) is 5.74. The van der Waals surface area contributed by atoms with E-state index in [2.05, 4.69) is 10.3 Å². The van der Waals surface area contributed by atoms with Gasteiger partial charge in [0.05, 0.1) is 28.3 Å². The molecule has 0 atom stereocenters. The summed E-state index contributed by atoms with van der Waals surface area (Å²) in [7, 11) is 0.551. The van der Waals surface area contributed by atoms with Gasteiger partial charge in [0.2, 0.25) is 0 Å². The first-order chi connectivity index (χ1) is 19.0. The van der Waals surface area contributed by atoms with Gasteiger partial charge in [-0.25, -0.2) is 31.4 Å². The van der Waals surface area contributed by atoms with Gasteiger partial charge in [0.1, 0.15) is 27.9 Å². The van der Waals surface area contributed by atoms with E-state index < -0.39 is 49.9 Å². The fourth-order valence-corrected chi connectivity index (χ4v) is 5.20. The van der Waals surface area contributed by atoms with Crippen molar-refractivity contribution in [3.63, 3.8) is 0 Å². The van der Waals surface area contributed by atoms with Crippen molar-refractivity contribution in [2.75, 3.05) is 48.8 Å². The molecule has 3 aromatic rings. The quantitative estimate of drug-likeness (QED) is 0.313. The Bertz CT molecular complexity index is 1520. The number of hydrogen-bond acceptors (Lipinski definition) is 8. The van der Waals surface area contributed by atoms with Crippen LogP contribution in [0.2, 0.25) is 5.02 Å². The van der Waals surface area contributed by atoms with Crippen molar-refractivity contribution >= 4 is 50.6 Å². The predicted molar refractivity (Wildman–Crippen MR) is 153 cm³/mol. The summed E-state index contributed by atoms with van der Waals surface area (Å²) in [4.78, 5) is 19.4. The third-order valence-corrected chi connectivity index (χ3v) is 7.54. The molecule has 222 valence electrons. The molecule has 1 aromatic heterocycles. The van der Waals surface area contributed by atoms with Gasteiger partial charge in [0.25, 0.3) is 10.0 Å². The highest BCUT2D eigenvalue weighted by Crippen LogP contribution is 2.36. The summed E-state index contributed by atoms with van der Waals surface area (Å²) in [6, 6.07) is 7.46. The Balaban J connectivity index is 2.04. The molecule has 0 spiro atoms. The minimum absolute atomic E-state index is 0.0132. The maximum absolute atomic E-state index is 15.5. The number of halogens is 4. The minimum atomic E-state index is -5.00. The molecule has 0 aliphatic carbocycles. The third-order valence-electron chi connectivity index (χ3n) is 5.54. The van der Waals surface area contributed by atoms with E-state index in [4.69, 9.17) is 16.3 Å². The minimum Gasteiger partial charge on any atom is -0.443 e. The highest BCUT2D eigenvalue weighted by Gasteiger charge is 2.38. The lowest BCUT2D eigenvalue weighted by molar-refractivity contribution is 0.0608. The van der Waals surface area contributed by atoms with Gasteiger partial charge >= 0.3 is 6.09 Å². The van der Waals surface area contributed by atoms with Crippen LogP contribution in [0.5, 0.6) is 0 Å². The van der Waals surface area contributed by atoms with Gasteiger partial charge in [0.15, 0.2) is 5.82 Å². The number of aromatic nitrogens is 1. The van der Waals surface area contributed by atoms with Gasteiger partial charge in [-0.2, -0.15) is 4.31 Å². The Morgan fingerprint density at radius 3 is 2.22 bits per heavy atom. The van der Waals surface area contributed by atoms with Gasteiger partial charge in [-0.3, -0.25) is 0 Å². The predicted octanol–water partition coefficient (Wildman–Crippen LogP) is 6.02. The third kappa shape index (κ3) is 8.02. The van der Waals surface area contributed by atoms with Crippen LogP contribution in [-0.4, -0.2) is 64.2 Å². The molecule has 0 saturated carbocycles. The molecule has 0 fully saturated rings. The molecule has 41 heavy (non-hydrogen) atoms. The van der Waals surface area contributed by atoms with Crippen LogP contribution in [0.15, 0.2) is 53.6 Å². The lowest BCUT2D eigenvalue weighted by Gasteiger charge is -2.27. The number of carbonyl (C=O) groups excluding carboxylic acids is 1. The Kier molecular flexibility index (Phi) is 9.77. The molecule has 3 rings (SSSR count). The van der Waals surface area contributed by atoms with Gasteiger partial charge in [-0.05, 0) is 71.3 Å². The zero-order chi connectivity index (χ0) is 30.7. The molecule has 1 heterocycles. The lowest BCUT2D eigenvalue weighted by atomic mass is 10.2. The van der Waals surface area contributed by atoms with Crippen molar-refractivity contribution in [2.45, 2.75) is 31.3 Å². The highest BCUT2D eigenvalue weighted by molar-refractivity contribution is 7.93. The first-order valence-electron chi connectivity index (χ1n) is 12.3. The molecule has 14 heteroatoms. The molecule has 9 nitrogen and oxygen atoms in total. The number of pyridine rings is 1. The number of likely N-dealkylation sites (N-methyl/N-ethyl adjacent to an activating group) is 2. The topological polar surface area (TPSA) is 95.1 Å². The number of anilines is 4. The van der Waals surface area contributed by atoms with E-state index in [0.29, 0.717) is 30.7 Å². The van der Waals surface area contributed by atoms with Crippen molar-refractivity contribution in [3.05, 3.63) is 71.1 Å². The smallest absolute Gasteiger partial charge is 0.430 e. The SMILES string of the molecule is CN(C)CCN(C)c1cc(F)ccc1Nc1cc(F)c(S(=O)(=O)N(C(=O)OC(C)(C)C)c2ccc(F)cn2)cc1Cl. The van der Waals surface area contributed by atoms with E-state index >= 15 is 4.39 Å². The lowest BCUT2D eigenvalue weighted by Crippen LogP contribution is -2.41.